The molecule has 0 saturated heterocycles. The van der Waals surface area contributed by atoms with Crippen LogP contribution in [0.3, 0.4) is 0 Å². The minimum Gasteiger partial charge on any atom is -0.466 e. The number of carbonyl (C=O) groups excluding carboxylic acids is 1. The number of aromatic amines is 1. The highest BCUT2D eigenvalue weighted by atomic mass is 32.2. The topological polar surface area (TPSA) is 57.7 Å². The van der Waals surface area contributed by atoms with E-state index in [1.807, 2.05) is 6.92 Å². The Morgan fingerprint density at radius 2 is 2.28 bits per heavy atom. The summed E-state index contributed by atoms with van der Waals surface area (Å²) in [4.78, 5) is 20.0. The fourth-order valence-corrected chi connectivity index (χ4v) is 6.16. The van der Waals surface area contributed by atoms with Gasteiger partial charge in [-0.25, -0.2) is 0 Å². The molecule has 4 rings (SSSR count). The predicted octanol–water partition coefficient (Wildman–Crippen LogP) is 5.50. The van der Waals surface area contributed by atoms with E-state index < -0.39 is 0 Å². The van der Waals surface area contributed by atoms with Crippen LogP contribution in [0.4, 0.5) is 5.69 Å². The number of esters is 1. The normalized spacial score (nSPS) is 16.2. The third kappa shape index (κ3) is 4.65. The number of hydrogen-bond donors (Lipinski definition) is 1. The molecule has 152 valence electrons. The molecule has 0 saturated carbocycles. The Labute approximate surface area is 183 Å². The van der Waals surface area contributed by atoms with Gasteiger partial charge in [-0.2, -0.15) is 0 Å². The van der Waals surface area contributed by atoms with Crippen LogP contribution in [0.1, 0.15) is 24.6 Å². The number of thiophene rings is 1. The molecule has 0 amide bonds. The molecule has 0 aliphatic carbocycles. The highest BCUT2D eigenvalue weighted by Gasteiger charge is 2.25. The molecule has 0 bridgehead atoms. The number of rotatable bonds is 7. The zero-order chi connectivity index (χ0) is 20.4. The summed E-state index contributed by atoms with van der Waals surface area (Å²) in [6.45, 7) is 5.02. The number of H-pyrrole nitrogens is 1. The zero-order valence-corrected chi connectivity index (χ0v) is 19.0. The van der Waals surface area contributed by atoms with Crippen molar-refractivity contribution < 1.29 is 9.53 Å². The van der Waals surface area contributed by atoms with E-state index in [0.717, 1.165) is 21.9 Å². The number of nitrogens with zero attached hydrogens (tertiary/aromatic N) is 2. The van der Waals surface area contributed by atoms with E-state index in [-0.39, 0.29) is 11.2 Å². The fraction of sp³-hybridized carbons (Fsp3) is 0.333. The molecule has 8 heteroatoms. The molecule has 3 heterocycles. The Hall–Kier alpha value is -1.90. The van der Waals surface area contributed by atoms with Gasteiger partial charge in [0.2, 0.25) is 0 Å². The van der Waals surface area contributed by atoms with Gasteiger partial charge in [0.05, 0.1) is 40.7 Å². The van der Waals surface area contributed by atoms with Crippen molar-refractivity contribution >= 4 is 62.6 Å². The van der Waals surface area contributed by atoms with Crippen molar-refractivity contribution in [3.05, 3.63) is 47.0 Å². The highest BCUT2D eigenvalue weighted by Crippen LogP contribution is 2.37. The van der Waals surface area contributed by atoms with Crippen molar-refractivity contribution in [2.45, 2.75) is 29.7 Å². The largest absolute Gasteiger partial charge is 0.466 e. The van der Waals surface area contributed by atoms with E-state index in [9.17, 15) is 4.79 Å². The first kappa shape index (κ1) is 20.4. The van der Waals surface area contributed by atoms with Crippen LogP contribution in [-0.2, 0) is 9.53 Å². The number of aryl methyl sites for hydroxylation is 1. The Balaban J connectivity index is 1.56. The van der Waals surface area contributed by atoms with Gasteiger partial charge in [-0.3, -0.25) is 9.79 Å². The SMILES string of the molecule is CCOC(=O)CC1CN=C(c2cc3cc(C)cc(N(C)Sc4cccs4)c3[nH]2)S1. The summed E-state index contributed by atoms with van der Waals surface area (Å²) in [7, 11) is 2.09. The van der Waals surface area contributed by atoms with Crippen LogP contribution < -0.4 is 4.31 Å². The lowest BCUT2D eigenvalue weighted by Crippen LogP contribution is -2.14. The van der Waals surface area contributed by atoms with Crippen molar-refractivity contribution in [2.75, 3.05) is 24.5 Å². The Bertz CT molecular complexity index is 1040. The Morgan fingerprint density at radius 1 is 1.41 bits per heavy atom. The first-order chi connectivity index (χ1) is 14.0. The molecule has 3 aromatic rings. The number of anilines is 1. The predicted molar refractivity (Wildman–Crippen MR) is 126 cm³/mol. The molecule has 5 nitrogen and oxygen atoms in total. The molecule has 2 aromatic heterocycles. The average Bonchev–Trinajstić information content (AvgIpc) is 3.41. The van der Waals surface area contributed by atoms with Gasteiger partial charge in [0, 0.05) is 17.7 Å². The van der Waals surface area contributed by atoms with Crippen LogP contribution in [-0.4, -0.2) is 41.4 Å². The van der Waals surface area contributed by atoms with Crippen molar-refractivity contribution in [3.8, 4) is 0 Å². The van der Waals surface area contributed by atoms with Crippen LogP contribution in [0.2, 0.25) is 0 Å². The molecule has 1 unspecified atom stereocenters. The standard InChI is InChI=1S/C21H23N3O2S3/c1-4-26-18(25)11-15-12-22-21(28-15)16-10-14-8-13(2)9-17(20(14)23-16)24(3)29-19-6-5-7-27-19/h5-10,15,23H,4,11-12H2,1-3H3. The zero-order valence-electron chi connectivity index (χ0n) is 16.6. The van der Waals surface area contributed by atoms with Crippen LogP contribution in [0, 0.1) is 6.92 Å². The fourth-order valence-electron chi connectivity index (χ4n) is 3.31. The van der Waals surface area contributed by atoms with Crippen molar-refractivity contribution in [1.82, 2.24) is 4.98 Å². The van der Waals surface area contributed by atoms with Crippen LogP contribution in [0.15, 0.2) is 44.9 Å². The van der Waals surface area contributed by atoms with Gasteiger partial charge in [0.15, 0.2) is 0 Å². The third-order valence-electron chi connectivity index (χ3n) is 4.56. The van der Waals surface area contributed by atoms with E-state index in [1.54, 1.807) is 35.0 Å². The summed E-state index contributed by atoms with van der Waals surface area (Å²) in [6.07, 6.45) is 0.399. The second kappa shape index (κ2) is 8.85. The molecule has 0 fully saturated rings. The quantitative estimate of drug-likeness (QED) is 0.385. The molecule has 1 aliphatic rings. The first-order valence-corrected chi connectivity index (χ1v) is 12.0. The number of aromatic nitrogens is 1. The molecule has 1 atom stereocenters. The number of nitrogens with one attached hydrogen (secondary N) is 1. The van der Waals surface area contributed by atoms with Crippen molar-refractivity contribution in [2.24, 2.45) is 4.99 Å². The number of fused-ring (bicyclic) bond motifs is 1. The monoisotopic (exact) mass is 445 g/mol. The van der Waals surface area contributed by atoms with E-state index in [4.69, 9.17) is 4.74 Å². The molecule has 29 heavy (non-hydrogen) atoms. The van der Waals surface area contributed by atoms with Crippen molar-refractivity contribution in [1.29, 1.82) is 0 Å². The van der Waals surface area contributed by atoms with E-state index in [2.05, 4.69) is 64.0 Å². The average molecular weight is 446 g/mol. The van der Waals surface area contributed by atoms with Gasteiger partial charge in [-0.15, -0.1) is 11.3 Å². The minimum atomic E-state index is -0.150. The summed E-state index contributed by atoms with van der Waals surface area (Å²) < 4.78 is 8.53. The Kier molecular flexibility index (Phi) is 6.22. The van der Waals surface area contributed by atoms with Gasteiger partial charge in [-0.05, 0) is 61.0 Å². The molecule has 0 spiro atoms. The molecule has 1 aliphatic heterocycles. The molecular weight excluding hydrogens is 422 g/mol. The highest BCUT2D eigenvalue weighted by molar-refractivity contribution is 8.15. The van der Waals surface area contributed by atoms with Gasteiger partial charge in [0.1, 0.15) is 5.04 Å². The molecule has 1 aromatic carbocycles. The summed E-state index contributed by atoms with van der Waals surface area (Å²) in [5.41, 5.74) is 4.49. The molecular formula is C21H23N3O2S3. The third-order valence-corrected chi connectivity index (χ3v) is 7.74. The van der Waals surface area contributed by atoms with Crippen LogP contribution >= 0.6 is 35.0 Å². The lowest BCUT2D eigenvalue weighted by molar-refractivity contribution is -0.143. The number of benzene rings is 1. The van der Waals surface area contributed by atoms with E-state index >= 15 is 0 Å². The summed E-state index contributed by atoms with van der Waals surface area (Å²) in [6, 6.07) is 10.8. The maximum Gasteiger partial charge on any atom is 0.306 e. The molecule has 1 N–H and O–H groups in total. The van der Waals surface area contributed by atoms with Gasteiger partial charge >= 0.3 is 5.97 Å². The Morgan fingerprint density at radius 3 is 3.03 bits per heavy atom. The minimum absolute atomic E-state index is 0.147. The van der Waals surface area contributed by atoms with E-state index in [0.29, 0.717) is 19.6 Å². The number of aliphatic imine (C=N–C) groups is 1. The number of thioether (sulfide) groups is 1. The number of ether oxygens (including phenoxy) is 1. The second-order valence-electron chi connectivity index (χ2n) is 6.85. The van der Waals surface area contributed by atoms with Crippen LogP contribution in [0.5, 0.6) is 0 Å². The van der Waals surface area contributed by atoms with Gasteiger partial charge in [0.25, 0.3) is 0 Å². The smallest absolute Gasteiger partial charge is 0.306 e. The lowest BCUT2D eigenvalue weighted by atomic mass is 10.1. The summed E-state index contributed by atoms with van der Waals surface area (Å²) in [5, 5.41) is 4.38. The van der Waals surface area contributed by atoms with Crippen molar-refractivity contribution in [3.63, 3.8) is 0 Å². The first-order valence-electron chi connectivity index (χ1n) is 9.49. The van der Waals surface area contributed by atoms with E-state index in [1.165, 1.54) is 15.2 Å². The maximum absolute atomic E-state index is 11.8. The maximum atomic E-state index is 11.8. The second-order valence-corrected chi connectivity index (χ2v) is 10.5. The number of carbonyl (C=O) groups is 1. The number of hydrogen-bond acceptors (Lipinski definition) is 7. The van der Waals surface area contributed by atoms with Gasteiger partial charge < -0.3 is 14.0 Å². The summed E-state index contributed by atoms with van der Waals surface area (Å²) in [5.74, 6) is -0.150. The van der Waals surface area contributed by atoms with Crippen LogP contribution in [0.25, 0.3) is 10.9 Å². The van der Waals surface area contributed by atoms with Gasteiger partial charge in [-0.1, -0.05) is 17.8 Å². The lowest BCUT2D eigenvalue weighted by Gasteiger charge is -2.18. The molecule has 0 radical (unpaired) electrons. The summed E-state index contributed by atoms with van der Waals surface area (Å²) >= 11 is 5.12.